The van der Waals surface area contributed by atoms with Gasteiger partial charge in [0.05, 0.1) is 0 Å². The molecule has 90 valence electrons. The maximum atomic E-state index is 3.63. The van der Waals surface area contributed by atoms with E-state index in [0.717, 1.165) is 18.5 Å². The monoisotopic (exact) mass is 229 g/mol. The van der Waals surface area contributed by atoms with Gasteiger partial charge in [-0.1, -0.05) is 40.0 Å². The Morgan fingerprint density at radius 3 is 2.47 bits per heavy atom. The molecule has 1 atom stereocenters. The van der Waals surface area contributed by atoms with Crippen LogP contribution in [0.25, 0.3) is 0 Å². The average Bonchev–Trinajstić information content (AvgIpc) is 2.04. The molecule has 0 spiro atoms. The third-order valence-electron chi connectivity index (χ3n) is 3.04. The zero-order valence-electron chi connectivity index (χ0n) is 10.8. The molecule has 1 fully saturated rings. The lowest BCUT2D eigenvalue weighted by atomic mass is 9.81. The van der Waals surface area contributed by atoms with E-state index in [0.29, 0.717) is 4.75 Å². The van der Waals surface area contributed by atoms with Crippen LogP contribution in [0.1, 0.15) is 53.4 Å². The summed E-state index contributed by atoms with van der Waals surface area (Å²) in [6.07, 6.45) is 5.81. The van der Waals surface area contributed by atoms with Gasteiger partial charge in [-0.3, -0.25) is 0 Å². The summed E-state index contributed by atoms with van der Waals surface area (Å²) in [5.41, 5.74) is 0. The van der Waals surface area contributed by atoms with Gasteiger partial charge in [0, 0.05) is 23.1 Å². The fraction of sp³-hybridized carbons (Fsp3) is 1.00. The van der Waals surface area contributed by atoms with Crippen LogP contribution in [0.4, 0.5) is 0 Å². The molecule has 0 heterocycles. The van der Waals surface area contributed by atoms with E-state index < -0.39 is 0 Å². The second-order valence-corrected chi connectivity index (χ2v) is 7.77. The summed E-state index contributed by atoms with van der Waals surface area (Å²) >= 11 is 2.05. The number of hydrogen-bond acceptors (Lipinski definition) is 2. The highest BCUT2D eigenvalue weighted by Crippen LogP contribution is 2.30. The van der Waals surface area contributed by atoms with Crippen LogP contribution in [0.5, 0.6) is 0 Å². The van der Waals surface area contributed by atoms with Crippen molar-refractivity contribution in [2.24, 2.45) is 5.92 Å². The molecular formula is C13H27NS. The third kappa shape index (κ3) is 6.47. The number of rotatable bonds is 6. The summed E-state index contributed by atoms with van der Waals surface area (Å²) in [5, 5.41) is 3.63. The fourth-order valence-corrected chi connectivity index (χ4v) is 2.81. The Labute approximate surface area is 99.8 Å². The third-order valence-corrected chi connectivity index (χ3v) is 4.32. The van der Waals surface area contributed by atoms with E-state index >= 15 is 0 Å². The molecule has 0 saturated heterocycles. The van der Waals surface area contributed by atoms with Crippen molar-refractivity contribution in [3.63, 3.8) is 0 Å². The van der Waals surface area contributed by atoms with Gasteiger partial charge in [-0.05, 0) is 19.3 Å². The summed E-state index contributed by atoms with van der Waals surface area (Å²) in [5.74, 6) is 2.26. The highest BCUT2D eigenvalue weighted by Gasteiger charge is 2.19. The van der Waals surface area contributed by atoms with Crippen molar-refractivity contribution in [1.82, 2.24) is 5.32 Å². The van der Waals surface area contributed by atoms with Crippen molar-refractivity contribution < 1.29 is 0 Å². The van der Waals surface area contributed by atoms with Crippen LogP contribution in [0.3, 0.4) is 0 Å². The summed E-state index contributed by atoms with van der Waals surface area (Å²) in [4.78, 5) is 0. The molecule has 1 aliphatic rings. The molecule has 1 nitrogen and oxygen atoms in total. The van der Waals surface area contributed by atoms with Gasteiger partial charge in [-0.2, -0.15) is 11.8 Å². The Kier molecular flexibility index (Phi) is 5.48. The Morgan fingerprint density at radius 1 is 1.33 bits per heavy atom. The van der Waals surface area contributed by atoms with Crippen LogP contribution in [-0.4, -0.2) is 23.1 Å². The number of nitrogens with one attached hydrogen (secondary N) is 1. The molecule has 0 bridgehead atoms. The molecule has 1 rings (SSSR count). The molecule has 0 radical (unpaired) electrons. The second-order valence-electron chi connectivity index (χ2n) is 5.85. The van der Waals surface area contributed by atoms with Crippen LogP contribution in [0, 0.1) is 5.92 Å². The summed E-state index contributed by atoms with van der Waals surface area (Å²) in [6.45, 7) is 10.4. The number of thioether (sulfide) groups is 1. The van der Waals surface area contributed by atoms with E-state index in [1.165, 1.54) is 31.4 Å². The zero-order chi connectivity index (χ0) is 11.3. The van der Waals surface area contributed by atoms with Gasteiger partial charge in [-0.25, -0.2) is 0 Å². The molecule has 0 aromatic rings. The quantitative estimate of drug-likeness (QED) is 0.697. The van der Waals surface area contributed by atoms with E-state index in [1.54, 1.807) is 0 Å². The average molecular weight is 229 g/mol. The summed E-state index contributed by atoms with van der Waals surface area (Å²) in [7, 11) is 0. The number of hydrogen-bond donors (Lipinski definition) is 1. The first-order valence-corrected chi connectivity index (χ1v) is 7.33. The normalized spacial score (nSPS) is 20.0. The highest BCUT2D eigenvalue weighted by molar-refractivity contribution is 8.00. The summed E-state index contributed by atoms with van der Waals surface area (Å²) < 4.78 is 0.416. The molecule has 15 heavy (non-hydrogen) atoms. The molecule has 1 aliphatic carbocycles. The van der Waals surface area contributed by atoms with Gasteiger partial charge in [0.2, 0.25) is 0 Å². The Bertz CT molecular complexity index is 170. The Hall–Kier alpha value is 0.310. The SMILES string of the molecule is CC(CC1CCC1)NCCSC(C)(C)C. The van der Waals surface area contributed by atoms with Crippen molar-refractivity contribution in [3.05, 3.63) is 0 Å². The van der Waals surface area contributed by atoms with Crippen LogP contribution in [0.2, 0.25) is 0 Å². The molecule has 2 heteroatoms. The maximum Gasteiger partial charge on any atom is 0.00755 e. The van der Waals surface area contributed by atoms with Crippen LogP contribution in [0.15, 0.2) is 0 Å². The largest absolute Gasteiger partial charge is 0.313 e. The minimum absolute atomic E-state index is 0.416. The second kappa shape index (κ2) is 6.15. The van der Waals surface area contributed by atoms with Gasteiger partial charge in [0.1, 0.15) is 0 Å². The maximum absolute atomic E-state index is 3.63. The molecule has 0 aromatic carbocycles. The molecule has 1 saturated carbocycles. The van der Waals surface area contributed by atoms with Gasteiger partial charge < -0.3 is 5.32 Å². The molecule has 0 aliphatic heterocycles. The predicted octanol–water partition coefficient (Wildman–Crippen LogP) is 3.69. The molecule has 0 amide bonds. The lowest BCUT2D eigenvalue weighted by Crippen LogP contribution is -2.32. The van der Waals surface area contributed by atoms with E-state index in [4.69, 9.17) is 0 Å². The first kappa shape index (κ1) is 13.4. The lowest BCUT2D eigenvalue weighted by Gasteiger charge is -2.28. The van der Waals surface area contributed by atoms with E-state index in [9.17, 15) is 0 Å². The minimum Gasteiger partial charge on any atom is -0.313 e. The van der Waals surface area contributed by atoms with Gasteiger partial charge in [0.15, 0.2) is 0 Å². The van der Waals surface area contributed by atoms with Crippen LogP contribution in [-0.2, 0) is 0 Å². The predicted molar refractivity (Wildman–Crippen MR) is 71.6 cm³/mol. The molecule has 0 aromatic heterocycles. The minimum atomic E-state index is 0.416. The highest BCUT2D eigenvalue weighted by atomic mass is 32.2. The Balaban J connectivity index is 1.94. The van der Waals surface area contributed by atoms with Crippen molar-refractivity contribution in [2.75, 3.05) is 12.3 Å². The first-order valence-electron chi connectivity index (χ1n) is 6.35. The molecule has 1 unspecified atom stereocenters. The van der Waals surface area contributed by atoms with Crippen LogP contribution < -0.4 is 5.32 Å². The first-order chi connectivity index (χ1) is 6.97. The zero-order valence-corrected chi connectivity index (χ0v) is 11.6. The van der Waals surface area contributed by atoms with Gasteiger partial charge in [0.25, 0.3) is 0 Å². The molecular weight excluding hydrogens is 202 g/mol. The fourth-order valence-electron chi connectivity index (χ4n) is 1.97. The standard InChI is InChI=1S/C13H27NS/c1-11(10-12-6-5-7-12)14-8-9-15-13(2,3)4/h11-12,14H,5-10H2,1-4H3. The topological polar surface area (TPSA) is 12.0 Å². The van der Waals surface area contributed by atoms with Crippen molar-refractivity contribution in [1.29, 1.82) is 0 Å². The smallest absolute Gasteiger partial charge is 0.00755 e. The van der Waals surface area contributed by atoms with Crippen molar-refractivity contribution in [2.45, 2.75) is 64.2 Å². The Morgan fingerprint density at radius 2 is 2.00 bits per heavy atom. The summed E-state index contributed by atoms with van der Waals surface area (Å²) in [6, 6.07) is 0.718. The van der Waals surface area contributed by atoms with Crippen molar-refractivity contribution in [3.8, 4) is 0 Å². The lowest BCUT2D eigenvalue weighted by molar-refractivity contribution is 0.267. The van der Waals surface area contributed by atoms with Gasteiger partial charge >= 0.3 is 0 Å². The van der Waals surface area contributed by atoms with Gasteiger partial charge in [-0.15, -0.1) is 0 Å². The molecule has 1 N–H and O–H groups in total. The van der Waals surface area contributed by atoms with Crippen LogP contribution >= 0.6 is 11.8 Å². The van der Waals surface area contributed by atoms with Crippen molar-refractivity contribution >= 4 is 11.8 Å². The van der Waals surface area contributed by atoms with E-state index in [2.05, 4.69) is 44.8 Å². The van der Waals surface area contributed by atoms with E-state index in [1.807, 2.05) is 0 Å². The van der Waals surface area contributed by atoms with E-state index in [-0.39, 0.29) is 0 Å².